The number of nitrogens with zero attached hydrogens (tertiary/aromatic N) is 3. The molecule has 0 saturated carbocycles. The molecule has 1 heterocycles. The van der Waals surface area contributed by atoms with Crippen molar-refractivity contribution < 1.29 is 19.2 Å². The van der Waals surface area contributed by atoms with Crippen LogP contribution in [0, 0.1) is 5.92 Å². The van der Waals surface area contributed by atoms with E-state index < -0.39 is 0 Å². The van der Waals surface area contributed by atoms with Crippen molar-refractivity contribution in [3.05, 3.63) is 0 Å². The molecule has 1 aliphatic heterocycles. The summed E-state index contributed by atoms with van der Waals surface area (Å²) in [5, 5.41) is 9.56. The van der Waals surface area contributed by atoms with E-state index in [2.05, 4.69) is 27.7 Å². The summed E-state index contributed by atoms with van der Waals surface area (Å²) in [4.78, 5) is 47.6. The molecule has 1 fully saturated rings. The van der Waals surface area contributed by atoms with Crippen molar-refractivity contribution >= 4 is 29.6 Å². The number of carbonyl (C=O) groups excluding carboxylic acids is 3. The first kappa shape index (κ1) is 38.6. The van der Waals surface area contributed by atoms with Gasteiger partial charge in [-0.25, -0.2) is 0 Å². The van der Waals surface area contributed by atoms with Gasteiger partial charge in [-0.1, -0.05) is 89.1 Å². The highest BCUT2D eigenvalue weighted by molar-refractivity contribution is 5.91. The lowest BCUT2D eigenvalue weighted by atomic mass is 9.93. The molecule has 0 unspecified atom stereocenters. The molecule has 0 bridgehead atoms. The Balaban J connectivity index is 2.00. The van der Waals surface area contributed by atoms with E-state index in [9.17, 15) is 14.4 Å². The summed E-state index contributed by atoms with van der Waals surface area (Å²) in [6.45, 7) is 8.10. The third-order valence-electron chi connectivity index (χ3n) is 8.51. The molecule has 43 heavy (non-hydrogen) atoms. The molecule has 3 amide bonds. The van der Waals surface area contributed by atoms with Gasteiger partial charge in [0.2, 0.25) is 17.7 Å². The number of unbranched alkanes of at least 4 members (excludes halogenated alkanes) is 12. The first-order chi connectivity index (χ1) is 20.9. The molecule has 0 aromatic rings. The van der Waals surface area contributed by atoms with Gasteiger partial charge in [-0.05, 0) is 44.9 Å². The molecule has 1 aliphatic rings. The Bertz CT molecular complexity index is 809. The van der Waals surface area contributed by atoms with Crippen LogP contribution in [0.2, 0.25) is 0 Å². The lowest BCUT2D eigenvalue weighted by molar-refractivity contribution is -0.132. The number of carbonyl (C=O) groups is 3. The minimum absolute atomic E-state index is 0.110. The van der Waals surface area contributed by atoms with E-state index in [0.717, 1.165) is 44.5 Å². The van der Waals surface area contributed by atoms with Gasteiger partial charge in [-0.15, -0.1) is 0 Å². The quantitative estimate of drug-likeness (QED) is 0.0694. The highest BCUT2D eigenvalue weighted by Gasteiger charge is 2.22. The number of amides is 3. The molecule has 1 saturated heterocycles. The lowest BCUT2D eigenvalue weighted by Crippen LogP contribution is -2.39. The average molecular weight is 606 g/mol. The largest absolute Gasteiger partial charge is 0.396 e. The van der Waals surface area contributed by atoms with Crippen LogP contribution in [0.3, 0.4) is 0 Å². The molecule has 0 aromatic carbocycles. The summed E-state index contributed by atoms with van der Waals surface area (Å²) in [5.41, 5.74) is 0.792. The summed E-state index contributed by atoms with van der Waals surface area (Å²) in [6.07, 6.45) is 23.2. The van der Waals surface area contributed by atoms with Crippen molar-refractivity contribution in [1.29, 1.82) is 0 Å². The topological polar surface area (TPSA) is 112 Å². The number of nitrogens with one attached hydrogen (secondary N) is 2. The van der Waals surface area contributed by atoms with Gasteiger partial charge in [0.1, 0.15) is 6.61 Å². The zero-order chi connectivity index (χ0) is 31.5. The van der Waals surface area contributed by atoms with E-state index in [-0.39, 0.29) is 24.3 Å². The van der Waals surface area contributed by atoms with Gasteiger partial charge in [0.25, 0.3) is 0 Å². The first-order valence-corrected chi connectivity index (χ1v) is 17.3. The summed E-state index contributed by atoms with van der Waals surface area (Å²) in [6, 6.07) is -0.237. The minimum atomic E-state index is -0.237. The second kappa shape index (κ2) is 26.0. The molecule has 9 heteroatoms. The third kappa shape index (κ3) is 21.0. The lowest BCUT2D eigenvalue weighted by Gasteiger charge is -2.32. The van der Waals surface area contributed by atoms with E-state index in [0.29, 0.717) is 37.8 Å². The van der Waals surface area contributed by atoms with Crippen LogP contribution in [0.25, 0.3) is 0 Å². The molecule has 0 radical (unpaired) electrons. The number of likely N-dealkylation sites (tertiary alicyclic amines) is 1. The predicted molar refractivity (Wildman–Crippen MR) is 178 cm³/mol. The normalized spacial score (nSPS) is 15.1. The van der Waals surface area contributed by atoms with Crippen LogP contribution < -0.4 is 10.6 Å². The smallest absolute Gasteiger partial charge is 0.222 e. The van der Waals surface area contributed by atoms with Crippen molar-refractivity contribution in [2.45, 2.75) is 149 Å². The van der Waals surface area contributed by atoms with Gasteiger partial charge in [-0.2, -0.15) is 0 Å². The first-order valence-electron chi connectivity index (χ1n) is 17.3. The average Bonchev–Trinajstić information content (AvgIpc) is 3.00. The molecule has 1 atom stereocenters. The van der Waals surface area contributed by atoms with E-state index in [1.165, 1.54) is 84.0 Å². The van der Waals surface area contributed by atoms with Crippen molar-refractivity contribution in [1.82, 2.24) is 15.5 Å². The molecule has 2 N–H and O–H groups in total. The Labute approximate surface area is 262 Å². The summed E-state index contributed by atoms with van der Waals surface area (Å²) >= 11 is 0. The van der Waals surface area contributed by atoms with Crippen LogP contribution in [-0.4, -0.2) is 73.9 Å². The second-order valence-electron chi connectivity index (χ2n) is 12.2. The maximum absolute atomic E-state index is 12.6. The van der Waals surface area contributed by atoms with Crippen LogP contribution in [-0.2, 0) is 19.2 Å². The van der Waals surface area contributed by atoms with Gasteiger partial charge in [0.15, 0.2) is 0 Å². The maximum Gasteiger partial charge on any atom is 0.222 e. The molecule has 1 rings (SSSR count). The molecular formula is C34H63N5O4. The Kier molecular flexibility index (Phi) is 23.3. The summed E-state index contributed by atoms with van der Waals surface area (Å²) in [7, 11) is 1.67. The summed E-state index contributed by atoms with van der Waals surface area (Å²) < 4.78 is 0. The second-order valence-corrected chi connectivity index (χ2v) is 12.2. The third-order valence-corrected chi connectivity index (χ3v) is 8.51. The fourth-order valence-corrected chi connectivity index (χ4v) is 5.60. The number of hydrogen-bond donors (Lipinski definition) is 2. The highest BCUT2D eigenvalue weighted by Crippen LogP contribution is 2.21. The molecule has 0 aromatic heterocycles. The van der Waals surface area contributed by atoms with Crippen LogP contribution >= 0.6 is 0 Å². The predicted octanol–water partition coefficient (Wildman–Crippen LogP) is 6.59. The van der Waals surface area contributed by atoms with Crippen molar-refractivity contribution in [3.63, 3.8) is 0 Å². The van der Waals surface area contributed by atoms with Crippen molar-refractivity contribution in [2.24, 2.45) is 16.1 Å². The number of rotatable bonds is 25. The standard InChI is InChI=1S/C34H63N5O4/c1-5-6-7-8-9-10-11-12-13-14-15-16-17-18-34(42)39-26-21-31(22-27-39)23-28-43-37-25-24-36-33(41)20-19-32(29(2)35-4)38-30(3)40/h25,31-32H,5-24,26-28H2,1-4H3,(H,36,41)(H,38,40)/t32-/m0/s1. The van der Waals surface area contributed by atoms with Crippen molar-refractivity contribution in [2.75, 3.05) is 33.3 Å². The molecule has 0 aliphatic carbocycles. The Hall–Kier alpha value is -2.45. The van der Waals surface area contributed by atoms with E-state index >= 15 is 0 Å². The maximum atomic E-state index is 12.6. The Morgan fingerprint density at radius 1 is 0.884 bits per heavy atom. The molecule has 9 nitrogen and oxygen atoms in total. The van der Waals surface area contributed by atoms with E-state index in [1.54, 1.807) is 13.3 Å². The molecule has 248 valence electrons. The van der Waals surface area contributed by atoms with Crippen LogP contribution in [0.5, 0.6) is 0 Å². The molecule has 0 spiro atoms. The number of aliphatic imine (C=N–C) groups is 1. The fraction of sp³-hybridized carbons (Fsp3) is 0.853. The number of oxime groups is 1. The number of piperidine rings is 1. The van der Waals surface area contributed by atoms with Gasteiger partial charge >= 0.3 is 0 Å². The zero-order valence-electron chi connectivity index (χ0n) is 28.0. The van der Waals surface area contributed by atoms with Crippen LogP contribution in [0.15, 0.2) is 10.1 Å². The zero-order valence-corrected chi connectivity index (χ0v) is 28.0. The fourth-order valence-electron chi connectivity index (χ4n) is 5.60. The van der Waals surface area contributed by atoms with Crippen LogP contribution in [0.4, 0.5) is 0 Å². The van der Waals surface area contributed by atoms with Crippen LogP contribution in [0.1, 0.15) is 143 Å². The minimum Gasteiger partial charge on any atom is -0.396 e. The van der Waals surface area contributed by atoms with Gasteiger partial charge in [-0.3, -0.25) is 19.4 Å². The van der Waals surface area contributed by atoms with Crippen molar-refractivity contribution in [3.8, 4) is 0 Å². The summed E-state index contributed by atoms with van der Waals surface area (Å²) in [5.74, 6) is 0.628. The number of hydrogen-bond acceptors (Lipinski definition) is 6. The van der Waals surface area contributed by atoms with Gasteiger partial charge < -0.3 is 20.4 Å². The van der Waals surface area contributed by atoms with Gasteiger partial charge in [0, 0.05) is 45.6 Å². The SMILES string of the molecule is CCCCCCCCCCCCCCCC(=O)N1CCC(CCON=CCNC(=O)CC[C@H](NC(C)=O)C(C)=NC)CC1. The van der Waals surface area contributed by atoms with Gasteiger partial charge in [0.05, 0.1) is 18.8 Å². The van der Waals surface area contributed by atoms with E-state index in [4.69, 9.17) is 4.84 Å². The Morgan fingerprint density at radius 3 is 2.02 bits per heavy atom. The Morgan fingerprint density at radius 2 is 1.47 bits per heavy atom. The molecular weight excluding hydrogens is 542 g/mol. The van der Waals surface area contributed by atoms with E-state index in [1.807, 2.05) is 11.8 Å². The monoisotopic (exact) mass is 605 g/mol. The highest BCUT2D eigenvalue weighted by atomic mass is 16.6.